The molecule has 0 radical (unpaired) electrons. The van der Waals surface area contributed by atoms with E-state index in [4.69, 9.17) is 9.47 Å². The second-order valence-corrected chi connectivity index (χ2v) is 7.55. The van der Waals surface area contributed by atoms with Crippen LogP contribution in [-0.2, 0) is 19.1 Å². The number of urea groups is 1. The molecular formula is C20H25N3O6. The molecule has 1 heterocycles. The zero-order valence-electron chi connectivity index (χ0n) is 16.5. The fourth-order valence-electron chi connectivity index (χ4n) is 3.48. The summed E-state index contributed by atoms with van der Waals surface area (Å²) in [5.74, 6) is -1.01. The third-order valence-electron chi connectivity index (χ3n) is 5.26. The van der Waals surface area contributed by atoms with Gasteiger partial charge in [0, 0.05) is 0 Å². The molecule has 3 rings (SSSR count). The molecule has 1 saturated carbocycles. The van der Waals surface area contributed by atoms with E-state index in [9.17, 15) is 19.2 Å². The summed E-state index contributed by atoms with van der Waals surface area (Å²) >= 11 is 0. The van der Waals surface area contributed by atoms with Gasteiger partial charge in [-0.15, -0.1) is 0 Å². The number of nitrogens with one attached hydrogen (secondary N) is 2. The van der Waals surface area contributed by atoms with Crippen molar-refractivity contribution < 1.29 is 28.7 Å². The summed E-state index contributed by atoms with van der Waals surface area (Å²) in [6, 6.07) is 8.04. The van der Waals surface area contributed by atoms with Crippen LogP contribution < -0.4 is 15.5 Å². The Labute approximate surface area is 168 Å². The van der Waals surface area contributed by atoms with Crippen molar-refractivity contribution in [1.82, 2.24) is 15.8 Å². The molecule has 1 saturated heterocycles. The quantitative estimate of drug-likeness (QED) is 0.550. The number of hydrazine groups is 1. The first-order valence-corrected chi connectivity index (χ1v) is 9.65. The lowest BCUT2D eigenvalue weighted by Crippen LogP contribution is -2.52. The SMILES string of the molecule is CC1CCC2(CC1)NC(=O)N(NC(=O)COC(=O)[C@H](C)Oc1ccccc1)C2=O. The molecule has 2 aliphatic rings. The molecule has 0 aromatic heterocycles. The Balaban J connectivity index is 1.48. The number of carbonyl (C=O) groups is 4. The van der Waals surface area contributed by atoms with Crippen LogP contribution in [0.4, 0.5) is 4.79 Å². The summed E-state index contributed by atoms with van der Waals surface area (Å²) in [5, 5.41) is 3.38. The van der Waals surface area contributed by atoms with Gasteiger partial charge in [0.2, 0.25) is 0 Å². The summed E-state index contributed by atoms with van der Waals surface area (Å²) in [6.45, 7) is 2.96. The van der Waals surface area contributed by atoms with E-state index in [-0.39, 0.29) is 0 Å². The fraction of sp³-hybridized carbons (Fsp3) is 0.500. The average Bonchev–Trinajstić information content (AvgIpc) is 2.93. The molecule has 1 aromatic rings. The van der Waals surface area contributed by atoms with Crippen LogP contribution in [0.3, 0.4) is 0 Å². The molecule has 2 N–H and O–H groups in total. The highest BCUT2D eigenvalue weighted by molar-refractivity contribution is 6.08. The van der Waals surface area contributed by atoms with Crippen LogP contribution >= 0.6 is 0 Å². The molecule has 1 aliphatic carbocycles. The molecule has 4 amide bonds. The molecule has 2 fully saturated rings. The molecule has 1 aromatic carbocycles. The average molecular weight is 403 g/mol. The number of esters is 1. The number of nitrogens with zero attached hydrogens (tertiary/aromatic N) is 1. The van der Waals surface area contributed by atoms with E-state index in [1.165, 1.54) is 6.92 Å². The van der Waals surface area contributed by atoms with Gasteiger partial charge in [0.15, 0.2) is 12.7 Å². The highest BCUT2D eigenvalue weighted by Crippen LogP contribution is 2.35. The zero-order valence-corrected chi connectivity index (χ0v) is 16.5. The maximum atomic E-state index is 12.7. The molecular weight excluding hydrogens is 378 g/mol. The fourth-order valence-corrected chi connectivity index (χ4v) is 3.48. The monoisotopic (exact) mass is 403 g/mol. The van der Waals surface area contributed by atoms with Crippen LogP contribution in [0.5, 0.6) is 5.75 Å². The highest BCUT2D eigenvalue weighted by Gasteiger charge is 2.52. The van der Waals surface area contributed by atoms with Gasteiger partial charge in [-0.3, -0.25) is 15.0 Å². The predicted octanol–water partition coefficient (Wildman–Crippen LogP) is 1.53. The topological polar surface area (TPSA) is 114 Å². The summed E-state index contributed by atoms with van der Waals surface area (Å²) in [4.78, 5) is 49.0. The van der Waals surface area contributed by atoms with Gasteiger partial charge in [-0.2, -0.15) is 5.01 Å². The van der Waals surface area contributed by atoms with E-state index in [1.54, 1.807) is 24.3 Å². The number of rotatable bonds is 6. The van der Waals surface area contributed by atoms with Crippen molar-refractivity contribution in [3.05, 3.63) is 30.3 Å². The van der Waals surface area contributed by atoms with Crippen LogP contribution in [0.1, 0.15) is 39.5 Å². The molecule has 156 valence electrons. The standard InChI is InChI=1S/C20H25N3O6/c1-13-8-10-20(11-9-13)18(26)23(19(27)21-20)22-16(24)12-28-17(25)14(2)29-15-6-4-3-5-7-15/h3-7,13-14H,8-12H2,1-2H3,(H,21,27)(H,22,24)/t13?,14-,20?/m0/s1. The molecule has 29 heavy (non-hydrogen) atoms. The highest BCUT2D eigenvalue weighted by atomic mass is 16.6. The van der Waals surface area contributed by atoms with Crippen molar-refractivity contribution in [3.8, 4) is 5.75 Å². The summed E-state index contributed by atoms with van der Waals surface area (Å²) in [6.07, 6.45) is 1.80. The van der Waals surface area contributed by atoms with Crippen LogP contribution in [0, 0.1) is 5.92 Å². The smallest absolute Gasteiger partial charge is 0.347 e. The van der Waals surface area contributed by atoms with Gasteiger partial charge in [0.05, 0.1) is 0 Å². The number of carbonyl (C=O) groups excluding carboxylic acids is 4. The molecule has 9 nitrogen and oxygen atoms in total. The lowest BCUT2D eigenvalue weighted by Gasteiger charge is -2.33. The zero-order chi connectivity index (χ0) is 21.0. The molecule has 1 spiro atoms. The molecule has 0 bridgehead atoms. The van der Waals surface area contributed by atoms with Crippen LogP contribution in [0.2, 0.25) is 0 Å². The number of ether oxygens (including phenoxy) is 2. The first-order valence-electron chi connectivity index (χ1n) is 9.65. The van der Waals surface area contributed by atoms with Crippen molar-refractivity contribution in [3.63, 3.8) is 0 Å². The van der Waals surface area contributed by atoms with Crippen LogP contribution in [0.25, 0.3) is 0 Å². The summed E-state index contributed by atoms with van der Waals surface area (Å²) < 4.78 is 10.3. The Hall–Kier alpha value is -3.10. The van der Waals surface area contributed by atoms with Gasteiger partial charge < -0.3 is 14.8 Å². The Bertz CT molecular complexity index is 789. The second kappa shape index (κ2) is 8.50. The van der Waals surface area contributed by atoms with E-state index >= 15 is 0 Å². The van der Waals surface area contributed by atoms with Crippen molar-refractivity contribution in [2.45, 2.75) is 51.2 Å². The van der Waals surface area contributed by atoms with Gasteiger partial charge in [0.1, 0.15) is 11.3 Å². The van der Waals surface area contributed by atoms with E-state index in [2.05, 4.69) is 17.7 Å². The minimum atomic E-state index is -0.953. The van der Waals surface area contributed by atoms with Crippen molar-refractivity contribution in [2.75, 3.05) is 6.61 Å². The minimum absolute atomic E-state index is 0.477. The lowest BCUT2D eigenvalue weighted by atomic mass is 9.77. The number of hydrogen-bond acceptors (Lipinski definition) is 6. The maximum Gasteiger partial charge on any atom is 0.347 e. The van der Waals surface area contributed by atoms with Crippen molar-refractivity contribution in [1.29, 1.82) is 0 Å². The molecule has 1 atom stereocenters. The molecule has 1 aliphatic heterocycles. The van der Waals surface area contributed by atoms with Crippen molar-refractivity contribution >= 4 is 23.8 Å². The lowest BCUT2D eigenvalue weighted by molar-refractivity contribution is -0.156. The summed E-state index contributed by atoms with van der Waals surface area (Å²) in [5.41, 5.74) is 1.27. The van der Waals surface area contributed by atoms with Gasteiger partial charge in [0.25, 0.3) is 11.8 Å². The van der Waals surface area contributed by atoms with Gasteiger partial charge in [-0.25, -0.2) is 9.59 Å². The Morgan fingerprint density at radius 3 is 2.55 bits per heavy atom. The number of amides is 4. The molecule has 0 unspecified atom stereocenters. The third kappa shape index (κ3) is 4.67. The Kier molecular flexibility index (Phi) is 6.05. The van der Waals surface area contributed by atoms with Gasteiger partial charge >= 0.3 is 12.0 Å². The minimum Gasteiger partial charge on any atom is -0.479 e. The van der Waals surface area contributed by atoms with Crippen LogP contribution in [-0.4, -0.2) is 47.1 Å². The van der Waals surface area contributed by atoms with Crippen LogP contribution in [0.15, 0.2) is 30.3 Å². The van der Waals surface area contributed by atoms with E-state index in [0.717, 1.165) is 12.8 Å². The van der Waals surface area contributed by atoms with Crippen molar-refractivity contribution in [2.24, 2.45) is 5.92 Å². The number of para-hydroxylation sites is 1. The Morgan fingerprint density at radius 2 is 1.90 bits per heavy atom. The van der Waals surface area contributed by atoms with Gasteiger partial charge in [-0.05, 0) is 50.7 Å². The number of benzene rings is 1. The first kappa shape index (κ1) is 20.6. The molecule has 9 heteroatoms. The number of imide groups is 1. The van der Waals surface area contributed by atoms with Gasteiger partial charge in [-0.1, -0.05) is 25.1 Å². The third-order valence-corrected chi connectivity index (χ3v) is 5.26. The maximum absolute atomic E-state index is 12.7. The second-order valence-electron chi connectivity index (χ2n) is 7.55. The van der Waals surface area contributed by atoms with E-state index in [0.29, 0.717) is 29.5 Å². The Morgan fingerprint density at radius 1 is 1.24 bits per heavy atom. The largest absolute Gasteiger partial charge is 0.479 e. The van der Waals surface area contributed by atoms with E-state index in [1.807, 2.05) is 6.07 Å². The first-order chi connectivity index (χ1) is 13.8. The summed E-state index contributed by atoms with van der Waals surface area (Å²) in [7, 11) is 0. The van der Waals surface area contributed by atoms with E-state index < -0.39 is 42.1 Å². The normalized spacial score (nSPS) is 24.8. The number of hydrogen-bond donors (Lipinski definition) is 2. The predicted molar refractivity (Wildman–Crippen MR) is 101 cm³/mol.